The highest BCUT2D eigenvalue weighted by Crippen LogP contribution is 2.36. The predicted molar refractivity (Wildman–Crippen MR) is 73.8 cm³/mol. The first kappa shape index (κ1) is 12.2. The Hall–Kier alpha value is -0.860. The number of nitrogens with one attached hydrogen (secondary N) is 1. The topological polar surface area (TPSA) is 21.3 Å². The van der Waals surface area contributed by atoms with Crippen LogP contribution in [0.4, 0.5) is 0 Å². The zero-order valence-corrected chi connectivity index (χ0v) is 11.0. The van der Waals surface area contributed by atoms with Crippen molar-refractivity contribution in [1.29, 1.82) is 0 Å². The van der Waals surface area contributed by atoms with Gasteiger partial charge in [0.05, 0.1) is 0 Å². The molecule has 1 N–H and O–H groups in total. The van der Waals surface area contributed by atoms with E-state index < -0.39 is 0 Å². The van der Waals surface area contributed by atoms with Crippen molar-refractivity contribution in [2.45, 2.75) is 37.6 Å². The van der Waals surface area contributed by atoms with Crippen LogP contribution >= 0.6 is 0 Å². The second kappa shape index (κ2) is 5.85. The summed E-state index contributed by atoms with van der Waals surface area (Å²) >= 11 is 0. The van der Waals surface area contributed by atoms with E-state index in [2.05, 4.69) is 35.6 Å². The maximum Gasteiger partial charge on any atom is 0.0495 e. The summed E-state index contributed by atoms with van der Waals surface area (Å²) in [4.78, 5) is 0. The maximum atomic E-state index is 5.40. The minimum atomic E-state index is 0.748. The third-order valence-corrected chi connectivity index (χ3v) is 4.42. The van der Waals surface area contributed by atoms with Crippen molar-refractivity contribution in [2.75, 3.05) is 19.8 Å². The molecule has 1 saturated carbocycles. The van der Waals surface area contributed by atoms with E-state index in [1.807, 2.05) is 0 Å². The molecule has 2 heteroatoms. The van der Waals surface area contributed by atoms with Crippen LogP contribution in [0.3, 0.4) is 0 Å². The fraction of sp³-hybridized carbons (Fsp3) is 0.625. The van der Waals surface area contributed by atoms with Gasteiger partial charge in [0.2, 0.25) is 0 Å². The van der Waals surface area contributed by atoms with Gasteiger partial charge >= 0.3 is 0 Å². The molecule has 0 radical (unpaired) electrons. The monoisotopic (exact) mass is 245 g/mol. The second-order valence-electron chi connectivity index (χ2n) is 5.75. The molecule has 2 nitrogen and oxygen atoms in total. The lowest BCUT2D eigenvalue weighted by atomic mass is 9.76. The van der Waals surface area contributed by atoms with Crippen molar-refractivity contribution >= 4 is 0 Å². The van der Waals surface area contributed by atoms with Crippen LogP contribution < -0.4 is 5.32 Å². The quantitative estimate of drug-likeness (QED) is 0.861. The lowest BCUT2D eigenvalue weighted by Crippen LogP contribution is -2.40. The molecule has 1 atom stereocenters. The molecule has 3 rings (SSSR count). The molecular weight excluding hydrogens is 222 g/mol. The molecule has 1 unspecified atom stereocenters. The van der Waals surface area contributed by atoms with Crippen LogP contribution in [0.5, 0.6) is 0 Å². The first-order valence-electron chi connectivity index (χ1n) is 7.28. The summed E-state index contributed by atoms with van der Waals surface area (Å²) in [5.41, 5.74) is 1.51. The van der Waals surface area contributed by atoms with Crippen LogP contribution in [0.25, 0.3) is 0 Å². The van der Waals surface area contributed by atoms with Gasteiger partial charge in [0.15, 0.2) is 0 Å². The fourth-order valence-corrected chi connectivity index (χ4v) is 3.08. The summed E-state index contributed by atoms with van der Waals surface area (Å²) in [6.07, 6.45) is 5.17. The molecule has 98 valence electrons. The summed E-state index contributed by atoms with van der Waals surface area (Å²) in [7, 11) is 0. The van der Waals surface area contributed by atoms with Gasteiger partial charge in [0.25, 0.3) is 0 Å². The molecular formula is C16H23NO. The molecule has 0 amide bonds. The van der Waals surface area contributed by atoms with Gasteiger partial charge in [-0.2, -0.15) is 0 Å². The van der Waals surface area contributed by atoms with E-state index in [0.717, 1.165) is 31.1 Å². The van der Waals surface area contributed by atoms with E-state index in [1.54, 1.807) is 0 Å². The zero-order chi connectivity index (χ0) is 12.2. The Balaban J connectivity index is 1.33. The van der Waals surface area contributed by atoms with E-state index in [9.17, 15) is 0 Å². The Bertz CT molecular complexity index is 353. The maximum absolute atomic E-state index is 5.40. The third kappa shape index (κ3) is 2.93. The molecule has 1 heterocycles. The zero-order valence-electron chi connectivity index (χ0n) is 11.0. The number of rotatable bonds is 5. The SMILES string of the molecule is c1ccc(C2CC(NCCC3CCOC3)C2)cc1. The first-order valence-corrected chi connectivity index (χ1v) is 7.28. The van der Waals surface area contributed by atoms with Crippen molar-refractivity contribution in [3.8, 4) is 0 Å². The second-order valence-corrected chi connectivity index (χ2v) is 5.75. The summed E-state index contributed by atoms with van der Waals surface area (Å²) in [6.45, 7) is 3.13. The highest BCUT2D eigenvalue weighted by molar-refractivity contribution is 5.22. The van der Waals surface area contributed by atoms with Crippen LogP contribution in [-0.2, 0) is 4.74 Å². The molecule has 1 saturated heterocycles. The van der Waals surface area contributed by atoms with Gasteiger partial charge in [-0.05, 0) is 49.6 Å². The minimum Gasteiger partial charge on any atom is -0.381 e. The molecule has 2 fully saturated rings. The molecule has 1 aliphatic carbocycles. The Kier molecular flexibility index (Phi) is 3.96. The summed E-state index contributed by atoms with van der Waals surface area (Å²) in [6, 6.07) is 11.7. The van der Waals surface area contributed by atoms with Gasteiger partial charge in [0, 0.05) is 19.3 Å². The summed E-state index contributed by atoms with van der Waals surface area (Å²) in [5, 5.41) is 3.69. The third-order valence-electron chi connectivity index (χ3n) is 4.42. The van der Waals surface area contributed by atoms with E-state index in [0.29, 0.717) is 0 Å². The van der Waals surface area contributed by atoms with E-state index in [4.69, 9.17) is 4.74 Å². The lowest BCUT2D eigenvalue weighted by Gasteiger charge is -2.36. The largest absolute Gasteiger partial charge is 0.381 e. The molecule has 18 heavy (non-hydrogen) atoms. The molecule has 0 aromatic heterocycles. The van der Waals surface area contributed by atoms with E-state index in [-0.39, 0.29) is 0 Å². The first-order chi connectivity index (χ1) is 8.92. The Morgan fingerprint density at radius 3 is 2.72 bits per heavy atom. The van der Waals surface area contributed by atoms with Crippen LogP contribution in [0.15, 0.2) is 30.3 Å². The number of hydrogen-bond donors (Lipinski definition) is 1. The fourth-order valence-electron chi connectivity index (χ4n) is 3.08. The number of hydrogen-bond acceptors (Lipinski definition) is 2. The average molecular weight is 245 g/mol. The van der Waals surface area contributed by atoms with E-state index in [1.165, 1.54) is 37.8 Å². The number of ether oxygens (including phenoxy) is 1. The Labute approximate surface area is 110 Å². The average Bonchev–Trinajstić information content (AvgIpc) is 2.86. The standard InChI is InChI=1S/C16H23NO/c1-2-4-14(5-3-1)15-10-16(11-15)17-8-6-13-7-9-18-12-13/h1-5,13,15-17H,6-12H2. The van der Waals surface area contributed by atoms with Crippen molar-refractivity contribution in [1.82, 2.24) is 5.32 Å². The van der Waals surface area contributed by atoms with Crippen molar-refractivity contribution in [2.24, 2.45) is 5.92 Å². The van der Waals surface area contributed by atoms with Crippen LogP contribution in [0, 0.1) is 5.92 Å². The van der Waals surface area contributed by atoms with Crippen molar-refractivity contribution in [3.63, 3.8) is 0 Å². The van der Waals surface area contributed by atoms with Crippen LogP contribution in [0.2, 0.25) is 0 Å². The number of benzene rings is 1. The lowest BCUT2D eigenvalue weighted by molar-refractivity contribution is 0.183. The molecule has 1 aliphatic heterocycles. The van der Waals surface area contributed by atoms with Crippen LogP contribution in [-0.4, -0.2) is 25.8 Å². The van der Waals surface area contributed by atoms with Gasteiger partial charge in [-0.3, -0.25) is 0 Å². The smallest absolute Gasteiger partial charge is 0.0495 e. The highest BCUT2D eigenvalue weighted by atomic mass is 16.5. The van der Waals surface area contributed by atoms with Gasteiger partial charge in [-0.25, -0.2) is 0 Å². The minimum absolute atomic E-state index is 0.748. The normalized spacial score (nSPS) is 31.2. The van der Waals surface area contributed by atoms with Gasteiger partial charge in [-0.15, -0.1) is 0 Å². The molecule has 1 aromatic carbocycles. The summed E-state index contributed by atoms with van der Waals surface area (Å²) < 4.78 is 5.40. The molecule has 0 spiro atoms. The molecule has 2 aliphatic rings. The Morgan fingerprint density at radius 2 is 2.00 bits per heavy atom. The van der Waals surface area contributed by atoms with Crippen LogP contribution in [0.1, 0.15) is 37.2 Å². The summed E-state index contributed by atoms with van der Waals surface area (Å²) in [5.74, 6) is 1.60. The van der Waals surface area contributed by atoms with Gasteiger partial charge in [-0.1, -0.05) is 30.3 Å². The van der Waals surface area contributed by atoms with Crippen molar-refractivity contribution < 1.29 is 4.74 Å². The Morgan fingerprint density at radius 1 is 1.17 bits per heavy atom. The van der Waals surface area contributed by atoms with E-state index >= 15 is 0 Å². The van der Waals surface area contributed by atoms with Crippen molar-refractivity contribution in [3.05, 3.63) is 35.9 Å². The van der Waals surface area contributed by atoms with Gasteiger partial charge < -0.3 is 10.1 Å². The van der Waals surface area contributed by atoms with Gasteiger partial charge in [0.1, 0.15) is 0 Å². The predicted octanol–water partition coefficient (Wildman–Crippen LogP) is 2.95. The highest BCUT2D eigenvalue weighted by Gasteiger charge is 2.29. The molecule has 0 bridgehead atoms. The molecule has 1 aromatic rings.